The Balaban J connectivity index is 1.71. The van der Waals surface area contributed by atoms with Crippen LogP contribution in [0.25, 0.3) is 5.69 Å². The van der Waals surface area contributed by atoms with Crippen molar-refractivity contribution in [1.29, 1.82) is 0 Å². The first kappa shape index (κ1) is 14.5. The predicted molar refractivity (Wildman–Crippen MR) is 92.1 cm³/mol. The van der Waals surface area contributed by atoms with Crippen molar-refractivity contribution in [3.05, 3.63) is 70.8 Å². The molecular formula is C17H18N4S. The fourth-order valence-corrected chi connectivity index (χ4v) is 2.59. The molecular weight excluding hydrogens is 292 g/mol. The number of nitrogens with zero attached hydrogens (tertiary/aromatic N) is 2. The van der Waals surface area contributed by atoms with Gasteiger partial charge in [0.05, 0.1) is 0 Å². The molecule has 0 saturated carbocycles. The Morgan fingerprint density at radius 1 is 1.09 bits per heavy atom. The molecule has 0 spiro atoms. The minimum Gasteiger partial charge on any atom is -0.385 e. The van der Waals surface area contributed by atoms with Crippen LogP contribution >= 0.6 is 12.2 Å². The number of para-hydroxylation sites is 1. The summed E-state index contributed by atoms with van der Waals surface area (Å²) in [5, 5.41) is 10.6. The van der Waals surface area contributed by atoms with Gasteiger partial charge < -0.3 is 5.32 Å². The van der Waals surface area contributed by atoms with Crippen LogP contribution in [0.5, 0.6) is 0 Å². The average Bonchev–Trinajstić information content (AvgIpc) is 2.91. The zero-order chi connectivity index (χ0) is 15.4. The van der Waals surface area contributed by atoms with Gasteiger partial charge in [0.15, 0.2) is 4.77 Å². The van der Waals surface area contributed by atoms with E-state index >= 15 is 0 Å². The molecule has 0 aliphatic rings. The van der Waals surface area contributed by atoms with Gasteiger partial charge in [-0.2, -0.15) is 5.10 Å². The van der Waals surface area contributed by atoms with E-state index in [9.17, 15) is 0 Å². The molecule has 112 valence electrons. The summed E-state index contributed by atoms with van der Waals surface area (Å²) in [6, 6.07) is 18.4. The lowest BCUT2D eigenvalue weighted by Crippen LogP contribution is -2.09. The van der Waals surface area contributed by atoms with Crippen LogP contribution in [-0.2, 0) is 6.42 Å². The second kappa shape index (κ2) is 6.58. The standard InChI is InChI=1S/C17H18N4S/c1-13-7-9-14(10-8-13)18-12-11-16-19-20-17(22)21(16)15-5-3-2-4-6-15/h2-10,18H,11-12H2,1H3,(H,20,22). The summed E-state index contributed by atoms with van der Waals surface area (Å²) >= 11 is 5.34. The summed E-state index contributed by atoms with van der Waals surface area (Å²) < 4.78 is 2.60. The maximum atomic E-state index is 5.34. The van der Waals surface area contributed by atoms with E-state index in [2.05, 4.69) is 46.7 Å². The molecule has 0 atom stereocenters. The van der Waals surface area contributed by atoms with Gasteiger partial charge in [-0.15, -0.1) is 0 Å². The average molecular weight is 310 g/mol. The molecule has 4 nitrogen and oxygen atoms in total. The van der Waals surface area contributed by atoms with Crippen molar-refractivity contribution in [3.8, 4) is 5.69 Å². The lowest BCUT2D eigenvalue weighted by molar-refractivity contribution is 0.848. The first-order valence-corrected chi connectivity index (χ1v) is 7.67. The van der Waals surface area contributed by atoms with Gasteiger partial charge in [-0.1, -0.05) is 35.9 Å². The van der Waals surface area contributed by atoms with E-state index in [1.807, 2.05) is 34.9 Å². The van der Waals surface area contributed by atoms with Gasteiger partial charge in [0.25, 0.3) is 0 Å². The first-order chi connectivity index (χ1) is 10.7. The van der Waals surface area contributed by atoms with Crippen LogP contribution in [0.15, 0.2) is 54.6 Å². The Morgan fingerprint density at radius 2 is 1.82 bits per heavy atom. The van der Waals surface area contributed by atoms with Crippen LogP contribution in [0.1, 0.15) is 11.4 Å². The molecule has 1 aromatic heterocycles. The van der Waals surface area contributed by atoms with Gasteiger partial charge in [0, 0.05) is 24.3 Å². The van der Waals surface area contributed by atoms with Crippen molar-refractivity contribution < 1.29 is 0 Å². The van der Waals surface area contributed by atoms with Crippen LogP contribution < -0.4 is 5.32 Å². The Hall–Kier alpha value is -2.40. The molecule has 0 radical (unpaired) electrons. The molecule has 1 heterocycles. The van der Waals surface area contributed by atoms with Crippen molar-refractivity contribution in [2.24, 2.45) is 0 Å². The third kappa shape index (κ3) is 3.26. The fraction of sp³-hybridized carbons (Fsp3) is 0.176. The topological polar surface area (TPSA) is 45.6 Å². The number of hydrogen-bond donors (Lipinski definition) is 2. The maximum absolute atomic E-state index is 5.34. The quantitative estimate of drug-likeness (QED) is 0.703. The Kier molecular flexibility index (Phi) is 4.34. The van der Waals surface area contributed by atoms with E-state index in [0.29, 0.717) is 4.77 Å². The first-order valence-electron chi connectivity index (χ1n) is 7.26. The largest absolute Gasteiger partial charge is 0.385 e. The molecule has 0 aliphatic carbocycles. The van der Waals surface area contributed by atoms with E-state index in [4.69, 9.17) is 12.2 Å². The van der Waals surface area contributed by atoms with Gasteiger partial charge in [-0.25, -0.2) is 0 Å². The molecule has 0 fully saturated rings. The summed E-state index contributed by atoms with van der Waals surface area (Å²) in [6.45, 7) is 2.89. The Bertz CT molecular complexity index is 788. The van der Waals surface area contributed by atoms with Crippen molar-refractivity contribution >= 4 is 17.9 Å². The van der Waals surface area contributed by atoms with Gasteiger partial charge in [0.2, 0.25) is 0 Å². The number of H-pyrrole nitrogens is 1. The Morgan fingerprint density at radius 3 is 2.55 bits per heavy atom. The van der Waals surface area contributed by atoms with Crippen molar-refractivity contribution in [2.45, 2.75) is 13.3 Å². The normalized spacial score (nSPS) is 10.6. The van der Waals surface area contributed by atoms with Crippen molar-refractivity contribution in [2.75, 3.05) is 11.9 Å². The lowest BCUT2D eigenvalue weighted by atomic mass is 10.2. The van der Waals surface area contributed by atoms with E-state index in [-0.39, 0.29) is 0 Å². The smallest absolute Gasteiger partial charge is 0.199 e. The molecule has 5 heteroatoms. The number of aryl methyl sites for hydroxylation is 1. The molecule has 0 amide bonds. The zero-order valence-corrected chi connectivity index (χ0v) is 13.2. The van der Waals surface area contributed by atoms with Gasteiger partial charge >= 0.3 is 0 Å². The number of nitrogens with one attached hydrogen (secondary N) is 2. The summed E-state index contributed by atoms with van der Waals surface area (Å²) in [6.07, 6.45) is 0.788. The summed E-state index contributed by atoms with van der Waals surface area (Å²) in [5.41, 5.74) is 3.41. The fourth-order valence-electron chi connectivity index (χ4n) is 2.33. The lowest BCUT2D eigenvalue weighted by Gasteiger charge is -2.08. The molecule has 22 heavy (non-hydrogen) atoms. The highest BCUT2D eigenvalue weighted by atomic mass is 32.1. The van der Waals surface area contributed by atoms with Crippen LogP contribution in [0.4, 0.5) is 5.69 Å². The highest BCUT2D eigenvalue weighted by Gasteiger charge is 2.07. The zero-order valence-electron chi connectivity index (χ0n) is 12.4. The predicted octanol–water partition coefficient (Wildman–Crippen LogP) is 3.89. The number of benzene rings is 2. The molecule has 3 aromatic rings. The van der Waals surface area contributed by atoms with Gasteiger partial charge in [-0.05, 0) is 43.4 Å². The summed E-state index contributed by atoms with van der Waals surface area (Å²) in [4.78, 5) is 0. The van der Waals surface area contributed by atoms with Crippen LogP contribution in [0.2, 0.25) is 0 Å². The SMILES string of the molecule is Cc1ccc(NCCc2n[nH]c(=S)n2-c2ccccc2)cc1. The molecule has 3 rings (SSSR count). The molecule has 0 unspecified atom stereocenters. The second-order valence-corrected chi connectivity index (χ2v) is 5.55. The van der Waals surface area contributed by atoms with E-state index in [0.717, 1.165) is 30.2 Å². The monoisotopic (exact) mass is 310 g/mol. The number of aromatic nitrogens is 3. The third-order valence-electron chi connectivity index (χ3n) is 3.49. The second-order valence-electron chi connectivity index (χ2n) is 5.16. The Labute approximate surface area is 134 Å². The number of aromatic amines is 1. The molecule has 0 saturated heterocycles. The van der Waals surface area contributed by atoms with Crippen LogP contribution in [0.3, 0.4) is 0 Å². The minimum absolute atomic E-state index is 0.622. The van der Waals surface area contributed by atoms with E-state index < -0.39 is 0 Å². The highest BCUT2D eigenvalue weighted by molar-refractivity contribution is 7.71. The number of hydrogen-bond acceptors (Lipinski definition) is 3. The number of anilines is 1. The summed E-state index contributed by atoms with van der Waals surface area (Å²) in [7, 11) is 0. The van der Waals surface area contributed by atoms with E-state index in [1.54, 1.807) is 0 Å². The molecule has 2 N–H and O–H groups in total. The van der Waals surface area contributed by atoms with Crippen LogP contribution in [-0.4, -0.2) is 21.3 Å². The molecule has 0 aliphatic heterocycles. The third-order valence-corrected chi connectivity index (χ3v) is 3.76. The number of rotatable bonds is 5. The van der Waals surface area contributed by atoms with E-state index in [1.165, 1.54) is 5.56 Å². The van der Waals surface area contributed by atoms with Crippen molar-refractivity contribution in [1.82, 2.24) is 14.8 Å². The maximum Gasteiger partial charge on any atom is 0.199 e. The summed E-state index contributed by atoms with van der Waals surface area (Å²) in [5.74, 6) is 0.927. The highest BCUT2D eigenvalue weighted by Crippen LogP contribution is 2.12. The van der Waals surface area contributed by atoms with Crippen molar-refractivity contribution in [3.63, 3.8) is 0 Å². The van der Waals surface area contributed by atoms with Gasteiger partial charge in [0.1, 0.15) is 5.82 Å². The molecule has 2 aromatic carbocycles. The minimum atomic E-state index is 0.622. The molecule has 0 bridgehead atoms. The van der Waals surface area contributed by atoms with Gasteiger partial charge in [-0.3, -0.25) is 9.67 Å². The van der Waals surface area contributed by atoms with Crippen LogP contribution in [0, 0.1) is 11.7 Å².